The smallest absolute Gasteiger partial charge is 0.240 e. The minimum absolute atomic E-state index is 0.729. The van der Waals surface area contributed by atoms with E-state index in [-0.39, 0.29) is 0 Å². The summed E-state index contributed by atoms with van der Waals surface area (Å²) >= 11 is 0. The summed E-state index contributed by atoms with van der Waals surface area (Å²) in [6.07, 6.45) is 3.26. The third-order valence-corrected chi connectivity index (χ3v) is 4.81. The van der Waals surface area contributed by atoms with Crippen LogP contribution in [-0.4, -0.2) is 40.7 Å². The van der Waals surface area contributed by atoms with Gasteiger partial charge < -0.3 is 9.84 Å². The van der Waals surface area contributed by atoms with Crippen LogP contribution in [0.25, 0.3) is 0 Å². The maximum absolute atomic E-state index is 5.43. The Morgan fingerprint density at radius 1 is 1.23 bits per heavy atom. The largest absolute Gasteiger partial charge is 0.338 e. The van der Waals surface area contributed by atoms with Crippen molar-refractivity contribution in [2.75, 3.05) is 19.6 Å². The van der Waals surface area contributed by atoms with Crippen molar-refractivity contribution in [2.45, 2.75) is 31.8 Å². The Morgan fingerprint density at radius 2 is 2.14 bits per heavy atom. The Balaban J connectivity index is 1.36. The molecular weight excluding hydrogens is 276 g/mol. The second kappa shape index (κ2) is 6.18. The van der Waals surface area contributed by atoms with Crippen molar-refractivity contribution in [2.24, 2.45) is 5.92 Å². The summed E-state index contributed by atoms with van der Waals surface area (Å²) < 4.78 is 5.43. The molecule has 1 aromatic heterocycles. The fourth-order valence-electron chi connectivity index (χ4n) is 3.66. The van der Waals surface area contributed by atoms with Crippen LogP contribution < -0.4 is 5.32 Å². The summed E-state index contributed by atoms with van der Waals surface area (Å²) in [6, 6.07) is 11.0. The number of aromatic nitrogens is 2. The van der Waals surface area contributed by atoms with Crippen molar-refractivity contribution in [3.05, 3.63) is 47.6 Å². The third kappa shape index (κ3) is 3.05. The molecule has 22 heavy (non-hydrogen) atoms. The van der Waals surface area contributed by atoms with Gasteiger partial charge in [-0.25, -0.2) is 0 Å². The number of nitrogens with zero attached hydrogens (tertiary/aromatic N) is 3. The number of likely N-dealkylation sites (tertiary alicyclic amines) is 1. The van der Waals surface area contributed by atoms with Crippen LogP contribution >= 0.6 is 0 Å². The molecule has 0 aliphatic carbocycles. The maximum atomic E-state index is 5.43. The Hall–Kier alpha value is -1.72. The van der Waals surface area contributed by atoms with Gasteiger partial charge in [0.05, 0.1) is 6.54 Å². The minimum atomic E-state index is 0.729. The van der Waals surface area contributed by atoms with E-state index in [1.54, 1.807) is 0 Å². The van der Waals surface area contributed by atoms with Crippen molar-refractivity contribution in [1.82, 2.24) is 20.4 Å². The standard InChI is InChI=1S/C17H22N4O/c1-2-4-13(5-3-1)10-16-19-17(22-20-16)12-21-9-7-15-14(11-21)6-8-18-15/h1-5,14-15,18H,6-12H2. The Kier molecular flexibility index (Phi) is 3.91. The molecule has 0 radical (unpaired) electrons. The minimum Gasteiger partial charge on any atom is -0.338 e. The van der Waals surface area contributed by atoms with Gasteiger partial charge in [0.1, 0.15) is 0 Å². The predicted molar refractivity (Wildman–Crippen MR) is 83.3 cm³/mol. The molecule has 3 heterocycles. The molecule has 4 rings (SSSR count). The second-order valence-electron chi connectivity index (χ2n) is 6.40. The number of hydrogen-bond donors (Lipinski definition) is 1. The summed E-state index contributed by atoms with van der Waals surface area (Å²) in [6.45, 7) is 4.22. The average Bonchev–Trinajstić information content (AvgIpc) is 3.17. The van der Waals surface area contributed by atoms with E-state index in [4.69, 9.17) is 4.52 Å². The predicted octanol–water partition coefficient (Wildman–Crippen LogP) is 1.84. The molecule has 1 N–H and O–H groups in total. The number of benzene rings is 1. The SMILES string of the molecule is c1ccc(Cc2noc(CN3CCC4NCCC4C3)n2)cc1. The summed E-state index contributed by atoms with van der Waals surface area (Å²) in [7, 11) is 0. The van der Waals surface area contributed by atoms with E-state index in [9.17, 15) is 0 Å². The van der Waals surface area contributed by atoms with Gasteiger partial charge in [-0.3, -0.25) is 4.90 Å². The van der Waals surface area contributed by atoms with Crippen LogP contribution in [-0.2, 0) is 13.0 Å². The molecular formula is C17H22N4O. The van der Waals surface area contributed by atoms with Crippen LogP contribution in [0.1, 0.15) is 30.1 Å². The topological polar surface area (TPSA) is 54.2 Å². The van der Waals surface area contributed by atoms with E-state index < -0.39 is 0 Å². The van der Waals surface area contributed by atoms with Gasteiger partial charge in [0, 0.05) is 25.6 Å². The lowest BCUT2D eigenvalue weighted by atomic mass is 9.93. The summed E-state index contributed by atoms with van der Waals surface area (Å²) in [5, 5.41) is 7.71. The number of hydrogen-bond acceptors (Lipinski definition) is 5. The molecule has 2 aromatic rings. The molecule has 2 unspecified atom stereocenters. The highest BCUT2D eigenvalue weighted by Crippen LogP contribution is 2.25. The van der Waals surface area contributed by atoms with Gasteiger partial charge in [-0.15, -0.1) is 0 Å². The monoisotopic (exact) mass is 298 g/mol. The van der Waals surface area contributed by atoms with Gasteiger partial charge in [-0.1, -0.05) is 35.5 Å². The molecule has 5 heteroatoms. The lowest BCUT2D eigenvalue weighted by molar-refractivity contribution is 0.140. The maximum Gasteiger partial charge on any atom is 0.240 e. The van der Waals surface area contributed by atoms with Gasteiger partial charge >= 0.3 is 0 Å². The zero-order valence-electron chi connectivity index (χ0n) is 12.7. The summed E-state index contributed by atoms with van der Waals surface area (Å²) in [5.41, 5.74) is 1.22. The molecule has 0 saturated carbocycles. The molecule has 5 nitrogen and oxygen atoms in total. The molecule has 2 aliphatic heterocycles. The molecule has 2 aliphatic rings. The number of piperidine rings is 1. The van der Waals surface area contributed by atoms with E-state index in [0.29, 0.717) is 0 Å². The molecule has 116 valence electrons. The molecule has 0 bridgehead atoms. The highest BCUT2D eigenvalue weighted by atomic mass is 16.5. The average molecular weight is 298 g/mol. The highest BCUT2D eigenvalue weighted by Gasteiger charge is 2.32. The number of nitrogens with one attached hydrogen (secondary N) is 1. The van der Waals surface area contributed by atoms with Gasteiger partial charge in [0.15, 0.2) is 5.82 Å². The lowest BCUT2D eigenvalue weighted by Crippen LogP contribution is -2.43. The van der Waals surface area contributed by atoms with Gasteiger partial charge in [-0.05, 0) is 30.9 Å². The first-order valence-electron chi connectivity index (χ1n) is 8.18. The van der Waals surface area contributed by atoms with Crippen LogP contribution in [0.4, 0.5) is 0 Å². The molecule has 1 aromatic carbocycles. The first-order valence-corrected chi connectivity index (χ1v) is 8.18. The van der Waals surface area contributed by atoms with E-state index >= 15 is 0 Å². The first-order chi connectivity index (χ1) is 10.9. The third-order valence-electron chi connectivity index (χ3n) is 4.81. The molecule has 2 fully saturated rings. The highest BCUT2D eigenvalue weighted by molar-refractivity contribution is 5.18. The zero-order chi connectivity index (χ0) is 14.8. The van der Waals surface area contributed by atoms with Crippen LogP contribution in [0.15, 0.2) is 34.9 Å². The first kappa shape index (κ1) is 13.9. The summed E-state index contributed by atoms with van der Waals surface area (Å²) in [4.78, 5) is 7.00. The molecule has 2 saturated heterocycles. The second-order valence-corrected chi connectivity index (χ2v) is 6.40. The summed E-state index contributed by atoms with van der Waals surface area (Å²) in [5.74, 6) is 2.31. The van der Waals surface area contributed by atoms with E-state index in [0.717, 1.165) is 49.7 Å². The van der Waals surface area contributed by atoms with Crippen LogP contribution in [0.2, 0.25) is 0 Å². The van der Waals surface area contributed by atoms with E-state index in [1.165, 1.54) is 24.9 Å². The van der Waals surface area contributed by atoms with Crippen molar-refractivity contribution < 1.29 is 4.52 Å². The Labute approximate surface area is 130 Å². The quantitative estimate of drug-likeness (QED) is 0.933. The molecule has 0 amide bonds. The van der Waals surface area contributed by atoms with Crippen LogP contribution in [0.5, 0.6) is 0 Å². The fraction of sp³-hybridized carbons (Fsp3) is 0.529. The van der Waals surface area contributed by atoms with Gasteiger partial charge in [0.25, 0.3) is 0 Å². The normalized spacial score (nSPS) is 25.3. The zero-order valence-corrected chi connectivity index (χ0v) is 12.7. The van der Waals surface area contributed by atoms with Crippen molar-refractivity contribution in [3.8, 4) is 0 Å². The molecule has 0 spiro atoms. The van der Waals surface area contributed by atoms with Crippen molar-refractivity contribution in [1.29, 1.82) is 0 Å². The van der Waals surface area contributed by atoms with E-state index in [1.807, 2.05) is 18.2 Å². The Bertz CT molecular complexity index is 612. The van der Waals surface area contributed by atoms with Crippen LogP contribution in [0.3, 0.4) is 0 Å². The Morgan fingerprint density at radius 3 is 3.05 bits per heavy atom. The fourth-order valence-corrected chi connectivity index (χ4v) is 3.66. The van der Waals surface area contributed by atoms with Crippen molar-refractivity contribution in [3.63, 3.8) is 0 Å². The van der Waals surface area contributed by atoms with Gasteiger partial charge in [-0.2, -0.15) is 4.98 Å². The van der Waals surface area contributed by atoms with Crippen molar-refractivity contribution >= 4 is 0 Å². The lowest BCUT2D eigenvalue weighted by Gasteiger charge is -2.33. The number of fused-ring (bicyclic) bond motifs is 1. The molecule has 2 atom stereocenters. The van der Waals surface area contributed by atoms with E-state index in [2.05, 4.69) is 32.5 Å². The van der Waals surface area contributed by atoms with Crippen LogP contribution in [0, 0.1) is 5.92 Å². The van der Waals surface area contributed by atoms with Gasteiger partial charge in [0.2, 0.25) is 5.89 Å². The number of rotatable bonds is 4.